The summed E-state index contributed by atoms with van der Waals surface area (Å²) in [7, 11) is 1.60. The van der Waals surface area contributed by atoms with Gasteiger partial charge in [-0.1, -0.05) is 30.3 Å². The third-order valence-electron chi connectivity index (χ3n) is 3.60. The molecule has 1 aromatic carbocycles. The lowest BCUT2D eigenvalue weighted by molar-refractivity contribution is 0.0943. The van der Waals surface area contributed by atoms with E-state index in [0.29, 0.717) is 23.1 Å². The van der Waals surface area contributed by atoms with Crippen molar-refractivity contribution in [1.29, 1.82) is 0 Å². The van der Waals surface area contributed by atoms with Crippen LogP contribution in [0.1, 0.15) is 9.67 Å². The monoisotopic (exact) mass is 338 g/mol. The highest BCUT2D eigenvalue weighted by Crippen LogP contribution is 2.36. The Labute approximate surface area is 140 Å². The average molecular weight is 339 g/mol. The second-order valence-corrected chi connectivity index (χ2v) is 6.16. The van der Waals surface area contributed by atoms with Crippen LogP contribution in [0.3, 0.4) is 0 Å². The Morgan fingerprint density at radius 3 is 2.68 bits per heavy atom. The summed E-state index contributed by atoms with van der Waals surface area (Å²) < 4.78 is 5.35. The molecule has 0 saturated carbocycles. The van der Waals surface area contributed by atoms with Gasteiger partial charge in [0, 0.05) is 30.4 Å². The normalized spacial score (nSPS) is 13.9. The standard InChI is InChI=1S/C16H18N2O2S.ClH/c1-20-13-7-14(12-5-3-2-4-6-12)21-15(13)16(19)18-10-11-8-17-9-11;/h2-7,11,17H,8-10H2,1H3,(H,18,19);1H. The molecule has 22 heavy (non-hydrogen) atoms. The zero-order valence-electron chi connectivity index (χ0n) is 12.3. The summed E-state index contributed by atoms with van der Waals surface area (Å²) in [6.45, 7) is 2.68. The smallest absolute Gasteiger partial charge is 0.265 e. The Morgan fingerprint density at radius 1 is 1.36 bits per heavy atom. The van der Waals surface area contributed by atoms with Gasteiger partial charge in [-0.3, -0.25) is 4.79 Å². The van der Waals surface area contributed by atoms with Crippen molar-refractivity contribution in [2.45, 2.75) is 0 Å². The van der Waals surface area contributed by atoms with E-state index in [9.17, 15) is 4.79 Å². The fourth-order valence-electron chi connectivity index (χ4n) is 2.24. The third kappa shape index (κ3) is 3.61. The third-order valence-corrected chi connectivity index (χ3v) is 4.76. The molecule has 1 amide bonds. The molecule has 6 heteroatoms. The SMILES string of the molecule is COc1cc(-c2ccccc2)sc1C(=O)NCC1CNC1.Cl. The molecule has 4 nitrogen and oxygen atoms in total. The van der Waals surface area contributed by atoms with Crippen molar-refractivity contribution in [2.24, 2.45) is 5.92 Å². The second kappa shape index (κ2) is 7.63. The molecule has 0 unspecified atom stereocenters. The van der Waals surface area contributed by atoms with Gasteiger partial charge < -0.3 is 15.4 Å². The number of nitrogens with one attached hydrogen (secondary N) is 2. The van der Waals surface area contributed by atoms with E-state index in [2.05, 4.69) is 10.6 Å². The molecule has 0 aliphatic carbocycles. The number of hydrogen-bond donors (Lipinski definition) is 2. The first-order chi connectivity index (χ1) is 10.3. The molecule has 0 radical (unpaired) electrons. The van der Waals surface area contributed by atoms with Gasteiger partial charge in [0.25, 0.3) is 5.91 Å². The topological polar surface area (TPSA) is 50.4 Å². The Kier molecular flexibility index (Phi) is 5.83. The van der Waals surface area contributed by atoms with Gasteiger partial charge in [0.05, 0.1) is 7.11 Å². The first kappa shape index (κ1) is 16.8. The van der Waals surface area contributed by atoms with E-state index < -0.39 is 0 Å². The maximum atomic E-state index is 12.3. The molecule has 0 bridgehead atoms. The number of methoxy groups -OCH3 is 1. The van der Waals surface area contributed by atoms with Gasteiger partial charge >= 0.3 is 0 Å². The summed E-state index contributed by atoms with van der Waals surface area (Å²) in [6.07, 6.45) is 0. The van der Waals surface area contributed by atoms with Crippen molar-refractivity contribution in [2.75, 3.05) is 26.7 Å². The minimum absolute atomic E-state index is 0. The van der Waals surface area contributed by atoms with E-state index in [0.717, 1.165) is 23.5 Å². The van der Waals surface area contributed by atoms with Crippen LogP contribution in [0.2, 0.25) is 0 Å². The van der Waals surface area contributed by atoms with Gasteiger partial charge in [-0.2, -0.15) is 0 Å². The summed E-state index contributed by atoms with van der Waals surface area (Å²) in [5.41, 5.74) is 1.10. The Bertz CT molecular complexity index is 626. The van der Waals surface area contributed by atoms with Gasteiger partial charge in [0.1, 0.15) is 10.6 Å². The zero-order valence-corrected chi connectivity index (χ0v) is 13.9. The van der Waals surface area contributed by atoms with Crippen molar-refractivity contribution >= 4 is 29.7 Å². The van der Waals surface area contributed by atoms with Crippen molar-refractivity contribution in [1.82, 2.24) is 10.6 Å². The number of rotatable bonds is 5. The van der Waals surface area contributed by atoms with Gasteiger partial charge in [0.2, 0.25) is 0 Å². The molecule has 1 aliphatic heterocycles. The molecule has 0 atom stereocenters. The number of hydrogen-bond acceptors (Lipinski definition) is 4. The van der Waals surface area contributed by atoms with Crippen LogP contribution >= 0.6 is 23.7 Å². The Balaban J connectivity index is 0.00000176. The minimum atomic E-state index is -0.0501. The first-order valence-corrected chi connectivity index (χ1v) is 7.81. The first-order valence-electron chi connectivity index (χ1n) is 7.00. The fourth-order valence-corrected chi connectivity index (χ4v) is 3.29. The van der Waals surface area contributed by atoms with Crippen LogP contribution in [0.5, 0.6) is 5.75 Å². The summed E-state index contributed by atoms with van der Waals surface area (Å²) in [5.74, 6) is 1.14. The maximum absolute atomic E-state index is 12.3. The quantitative estimate of drug-likeness (QED) is 0.881. The van der Waals surface area contributed by atoms with E-state index in [1.54, 1.807) is 7.11 Å². The predicted octanol–water partition coefficient (Wildman–Crippen LogP) is 2.79. The molecule has 118 valence electrons. The fraction of sp³-hybridized carbons (Fsp3) is 0.312. The molecule has 1 saturated heterocycles. The van der Waals surface area contributed by atoms with Crippen LogP contribution in [0.25, 0.3) is 10.4 Å². The molecule has 3 rings (SSSR count). The van der Waals surface area contributed by atoms with Crippen LogP contribution < -0.4 is 15.4 Å². The molecule has 1 aliphatic rings. The molecule has 0 spiro atoms. The van der Waals surface area contributed by atoms with Crippen LogP contribution in [-0.4, -0.2) is 32.7 Å². The van der Waals surface area contributed by atoms with Crippen LogP contribution in [0.15, 0.2) is 36.4 Å². The lowest BCUT2D eigenvalue weighted by Crippen LogP contribution is -2.48. The Hall–Kier alpha value is -1.56. The van der Waals surface area contributed by atoms with Gasteiger partial charge in [-0.05, 0) is 11.6 Å². The number of thiophene rings is 1. The van der Waals surface area contributed by atoms with Crippen LogP contribution in [0.4, 0.5) is 0 Å². The van der Waals surface area contributed by atoms with E-state index in [1.807, 2.05) is 36.4 Å². The number of ether oxygens (including phenoxy) is 1. The van der Waals surface area contributed by atoms with Crippen molar-refractivity contribution < 1.29 is 9.53 Å². The van der Waals surface area contributed by atoms with Crippen molar-refractivity contribution in [3.05, 3.63) is 41.3 Å². The van der Waals surface area contributed by atoms with E-state index in [-0.39, 0.29) is 18.3 Å². The summed E-state index contributed by atoms with van der Waals surface area (Å²) in [4.78, 5) is 14.0. The minimum Gasteiger partial charge on any atom is -0.495 e. The molecule has 1 fully saturated rings. The summed E-state index contributed by atoms with van der Waals surface area (Å²) >= 11 is 1.47. The lowest BCUT2D eigenvalue weighted by Gasteiger charge is -2.26. The van der Waals surface area contributed by atoms with Crippen LogP contribution in [-0.2, 0) is 0 Å². The second-order valence-electron chi connectivity index (χ2n) is 5.11. The van der Waals surface area contributed by atoms with Gasteiger partial charge in [0.15, 0.2) is 0 Å². The predicted molar refractivity (Wildman–Crippen MR) is 92.2 cm³/mol. The Morgan fingerprint density at radius 2 is 2.09 bits per heavy atom. The lowest BCUT2D eigenvalue weighted by atomic mass is 10.0. The molecule has 2 N–H and O–H groups in total. The highest BCUT2D eigenvalue weighted by Gasteiger charge is 2.21. The molecule has 2 heterocycles. The number of benzene rings is 1. The van der Waals surface area contributed by atoms with Gasteiger partial charge in [-0.15, -0.1) is 23.7 Å². The number of carbonyl (C=O) groups excluding carboxylic acids is 1. The molecule has 2 aromatic rings. The van der Waals surface area contributed by atoms with Gasteiger partial charge in [-0.25, -0.2) is 0 Å². The molecule has 1 aromatic heterocycles. The van der Waals surface area contributed by atoms with Crippen molar-refractivity contribution in [3.8, 4) is 16.2 Å². The number of amides is 1. The van der Waals surface area contributed by atoms with E-state index >= 15 is 0 Å². The highest BCUT2D eigenvalue weighted by atomic mass is 35.5. The molecular formula is C16H19ClN2O2S. The van der Waals surface area contributed by atoms with E-state index in [1.165, 1.54) is 11.3 Å². The van der Waals surface area contributed by atoms with Crippen LogP contribution in [0, 0.1) is 5.92 Å². The highest BCUT2D eigenvalue weighted by molar-refractivity contribution is 7.17. The van der Waals surface area contributed by atoms with E-state index in [4.69, 9.17) is 4.74 Å². The average Bonchev–Trinajstić information content (AvgIpc) is 2.90. The summed E-state index contributed by atoms with van der Waals surface area (Å²) in [6, 6.07) is 12.0. The number of carbonyl (C=O) groups is 1. The maximum Gasteiger partial charge on any atom is 0.265 e. The molecular weight excluding hydrogens is 320 g/mol. The zero-order chi connectivity index (χ0) is 14.7. The number of halogens is 1. The summed E-state index contributed by atoms with van der Waals surface area (Å²) in [5, 5.41) is 6.19. The largest absolute Gasteiger partial charge is 0.495 e. The van der Waals surface area contributed by atoms with Crippen molar-refractivity contribution in [3.63, 3.8) is 0 Å².